The first-order chi connectivity index (χ1) is 8.17. The lowest BCUT2D eigenvalue weighted by Gasteiger charge is -2.28. The van der Waals surface area contributed by atoms with Crippen LogP contribution in [0.5, 0.6) is 0 Å². The second kappa shape index (κ2) is 7.95. The van der Waals surface area contributed by atoms with Crippen molar-refractivity contribution in [3.05, 3.63) is 0 Å². The molecule has 0 radical (unpaired) electrons. The molecule has 1 saturated carbocycles. The second-order valence-corrected chi connectivity index (χ2v) is 5.46. The van der Waals surface area contributed by atoms with Crippen LogP contribution in [-0.4, -0.2) is 43.3 Å². The van der Waals surface area contributed by atoms with Crippen LogP contribution in [-0.2, 0) is 14.3 Å². The largest absolute Gasteiger partial charge is 0.461 e. The highest BCUT2D eigenvalue weighted by Crippen LogP contribution is 2.23. The van der Waals surface area contributed by atoms with E-state index in [1.165, 1.54) is 0 Å². The van der Waals surface area contributed by atoms with Crippen molar-refractivity contribution < 1.29 is 14.3 Å². The van der Waals surface area contributed by atoms with Crippen LogP contribution in [0.15, 0.2) is 0 Å². The minimum absolute atomic E-state index is 0.0125. The quantitative estimate of drug-likeness (QED) is 0.735. The molecule has 0 amide bonds. The highest BCUT2D eigenvalue weighted by atomic mass is 32.2. The van der Waals surface area contributed by atoms with Gasteiger partial charge in [-0.2, -0.15) is 11.8 Å². The van der Waals surface area contributed by atoms with Gasteiger partial charge in [0.05, 0.1) is 6.10 Å². The summed E-state index contributed by atoms with van der Waals surface area (Å²) in [7, 11) is 1.71. The number of nitrogens with two attached hydrogens (primary N) is 1. The molecule has 0 aromatic rings. The lowest BCUT2D eigenvalue weighted by atomic mass is 9.95. The molecule has 1 aliphatic rings. The van der Waals surface area contributed by atoms with Crippen molar-refractivity contribution in [1.82, 2.24) is 0 Å². The summed E-state index contributed by atoms with van der Waals surface area (Å²) in [5, 5.41) is 0. The molecule has 0 heterocycles. The molecule has 100 valence electrons. The zero-order valence-electron chi connectivity index (χ0n) is 10.7. The summed E-state index contributed by atoms with van der Waals surface area (Å²) in [5.74, 6) is 0.627. The fourth-order valence-electron chi connectivity index (χ4n) is 2.04. The SMILES string of the molecule is COC1CCCC(OC(=O)[C@H](N)CCSC)C1. The van der Waals surface area contributed by atoms with E-state index in [2.05, 4.69) is 0 Å². The molecule has 5 heteroatoms. The number of carbonyl (C=O) groups excluding carboxylic acids is 1. The van der Waals surface area contributed by atoms with Gasteiger partial charge >= 0.3 is 5.97 Å². The van der Waals surface area contributed by atoms with Crippen LogP contribution in [0.2, 0.25) is 0 Å². The Bertz CT molecular complexity index is 238. The smallest absolute Gasteiger partial charge is 0.323 e. The molecule has 0 aromatic carbocycles. The molecule has 4 nitrogen and oxygen atoms in total. The van der Waals surface area contributed by atoms with Gasteiger partial charge < -0.3 is 15.2 Å². The average Bonchev–Trinajstić information content (AvgIpc) is 2.36. The van der Waals surface area contributed by atoms with Crippen LogP contribution < -0.4 is 5.73 Å². The van der Waals surface area contributed by atoms with Crippen molar-refractivity contribution >= 4 is 17.7 Å². The third-order valence-electron chi connectivity index (χ3n) is 3.13. The summed E-state index contributed by atoms with van der Waals surface area (Å²) >= 11 is 1.69. The number of rotatable bonds is 6. The van der Waals surface area contributed by atoms with Gasteiger partial charge in [-0.3, -0.25) is 4.79 Å². The number of thioether (sulfide) groups is 1. The molecule has 2 N–H and O–H groups in total. The fourth-order valence-corrected chi connectivity index (χ4v) is 2.53. The Morgan fingerprint density at radius 1 is 1.47 bits per heavy atom. The summed E-state index contributed by atoms with van der Waals surface area (Å²) in [6.07, 6.45) is 6.74. The summed E-state index contributed by atoms with van der Waals surface area (Å²) in [5.41, 5.74) is 5.77. The first kappa shape index (κ1) is 14.8. The molecule has 1 rings (SSSR count). The van der Waals surface area contributed by atoms with Gasteiger partial charge in [-0.15, -0.1) is 0 Å². The summed E-state index contributed by atoms with van der Waals surface area (Å²) in [4.78, 5) is 11.7. The number of hydrogen-bond donors (Lipinski definition) is 1. The van der Waals surface area contributed by atoms with Crippen molar-refractivity contribution in [3.63, 3.8) is 0 Å². The van der Waals surface area contributed by atoms with Crippen molar-refractivity contribution in [3.8, 4) is 0 Å². The van der Waals surface area contributed by atoms with Gasteiger partial charge in [0.2, 0.25) is 0 Å². The lowest BCUT2D eigenvalue weighted by Crippen LogP contribution is -2.37. The number of carbonyl (C=O) groups is 1. The van der Waals surface area contributed by atoms with E-state index in [4.69, 9.17) is 15.2 Å². The van der Waals surface area contributed by atoms with E-state index < -0.39 is 6.04 Å². The number of methoxy groups -OCH3 is 1. The third kappa shape index (κ3) is 5.27. The van der Waals surface area contributed by atoms with Gasteiger partial charge in [0.1, 0.15) is 12.1 Å². The molecule has 1 fully saturated rings. The van der Waals surface area contributed by atoms with E-state index in [-0.39, 0.29) is 18.2 Å². The van der Waals surface area contributed by atoms with Crippen LogP contribution in [0.25, 0.3) is 0 Å². The number of esters is 1. The average molecular weight is 261 g/mol. The maximum absolute atomic E-state index is 11.7. The summed E-state index contributed by atoms with van der Waals surface area (Å²) in [6.45, 7) is 0. The van der Waals surface area contributed by atoms with E-state index in [1.807, 2.05) is 6.26 Å². The van der Waals surface area contributed by atoms with Crippen LogP contribution >= 0.6 is 11.8 Å². The predicted molar refractivity (Wildman–Crippen MR) is 70.1 cm³/mol. The molecule has 0 aliphatic heterocycles. The monoisotopic (exact) mass is 261 g/mol. The second-order valence-electron chi connectivity index (χ2n) is 4.47. The molecule has 0 spiro atoms. The first-order valence-electron chi connectivity index (χ1n) is 6.15. The topological polar surface area (TPSA) is 61.5 Å². The molecule has 1 aliphatic carbocycles. The van der Waals surface area contributed by atoms with Gasteiger partial charge in [-0.25, -0.2) is 0 Å². The Kier molecular flexibility index (Phi) is 6.92. The Hall–Kier alpha value is -0.260. The van der Waals surface area contributed by atoms with E-state index >= 15 is 0 Å². The number of hydrogen-bond acceptors (Lipinski definition) is 5. The maximum atomic E-state index is 11.7. The molecular formula is C12H23NO3S. The molecule has 0 saturated heterocycles. The Morgan fingerprint density at radius 2 is 2.18 bits per heavy atom. The molecular weight excluding hydrogens is 238 g/mol. The molecule has 0 aromatic heterocycles. The normalized spacial score (nSPS) is 26.5. The zero-order valence-corrected chi connectivity index (χ0v) is 11.5. The van der Waals surface area contributed by atoms with E-state index in [9.17, 15) is 4.79 Å². The van der Waals surface area contributed by atoms with Gasteiger partial charge in [-0.05, 0) is 37.7 Å². The highest BCUT2D eigenvalue weighted by molar-refractivity contribution is 7.98. The third-order valence-corrected chi connectivity index (χ3v) is 3.77. The zero-order chi connectivity index (χ0) is 12.7. The first-order valence-corrected chi connectivity index (χ1v) is 7.54. The molecule has 3 atom stereocenters. The Balaban J connectivity index is 2.29. The van der Waals surface area contributed by atoms with Crippen molar-refractivity contribution in [1.29, 1.82) is 0 Å². The van der Waals surface area contributed by atoms with Gasteiger partial charge in [0.15, 0.2) is 0 Å². The summed E-state index contributed by atoms with van der Waals surface area (Å²) in [6, 6.07) is -0.481. The lowest BCUT2D eigenvalue weighted by molar-refractivity contribution is -0.154. The molecule has 0 bridgehead atoms. The van der Waals surface area contributed by atoms with E-state index in [0.29, 0.717) is 6.42 Å². The predicted octanol–water partition coefficient (Wildman–Crippen LogP) is 1.57. The van der Waals surface area contributed by atoms with Gasteiger partial charge in [-0.1, -0.05) is 0 Å². The van der Waals surface area contributed by atoms with Crippen LogP contribution in [0, 0.1) is 0 Å². The van der Waals surface area contributed by atoms with E-state index in [0.717, 1.165) is 31.4 Å². The highest BCUT2D eigenvalue weighted by Gasteiger charge is 2.26. The minimum Gasteiger partial charge on any atom is -0.461 e. The van der Waals surface area contributed by atoms with E-state index in [1.54, 1.807) is 18.9 Å². The Morgan fingerprint density at radius 3 is 2.82 bits per heavy atom. The maximum Gasteiger partial charge on any atom is 0.323 e. The van der Waals surface area contributed by atoms with Crippen LogP contribution in [0.1, 0.15) is 32.1 Å². The Labute approximate surface area is 108 Å². The van der Waals surface area contributed by atoms with Crippen molar-refractivity contribution in [2.75, 3.05) is 19.1 Å². The fraction of sp³-hybridized carbons (Fsp3) is 0.917. The van der Waals surface area contributed by atoms with Crippen LogP contribution in [0.3, 0.4) is 0 Å². The standard InChI is InChI=1S/C12H23NO3S/c1-15-9-4-3-5-10(8-9)16-12(14)11(13)6-7-17-2/h9-11H,3-8,13H2,1-2H3/t9?,10?,11-/m1/s1. The van der Waals surface area contributed by atoms with Gasteiger partial charge in [0, 0.05) is 13.5 Å². The van der Waals surface area contributed by atoms with Gasteiger partial charge in [0.25, 0.3) is 0 Å². The summed E-state index contributed by atoms with van der Waals surface area (Å²) < 4.78 is 10.7. The van der Waals surface area contributed by atoms with Crippen molar-refractivity contribution in [2.45, 2.75) is 50.4 Å². The molecule has 2 unspecified atom stereocenters. The van der Waals surface area contributed by atoms with Crippen molar-refractivity contribution in [2.24, 2.45) is 5.73 Å². The van der Waals surface area contributed by atoms with Crippen LogP contribution in [0.4, 0.5) is 0 Å². The number of ether oxygens (including phenoxy) is 2. The minimum atomic E-state index is -0.481. The molecule has 17 heavy (non-hydrogen) atoms.